The van der Waals surface area contributed by atoms with E-state index in [0.29, 0.717) is 16.3 Å². The summed E-state index contributed by atoms with van der Waals surface area (Å²) in [5.41, 5.74) is 0.762. The van der Waals surface area contributed by atoms with E-state index >= 15 is 0 Å². The van der Waals surface area contributed by atoms with Crippen LogP contribution < -0.4 is 0 Å². The van der Waals surface area contributed by atoms with E-state index in [2.05, 4.69) is 0 Å². The predicted octanol–water partition coefficient (Wildman–Crippen LogP) is 4.47. The fourth-order valence-electron chi connectivity index (χ4n) is 1.51. The Bertz CT molecular complexity index is 599. The minimum absolute atomic E-state index is 0.235. The molecule has 0 saturated heterocycles. The lowest BCUT2D eigenvalue weighted by Crippen LogP contribution is -1.94. The van der Waals surface area contributed by atoms with Crippen LogP contribution in [-0.2, 0) is 5.75 Å². The molecular formula is C14H10ClFO2S. The minimum Gasteiger partial charge on any atom is -0.478 e. The molecule has 98 valence electrons. The Balaban J connectivity index is 2.06. The van der Waals surface area contributed by atoms with Gasteiger partial charge in [0.15, 0.2) is 0 Å². The van der Waals surface area contributed by atoms with Crippen molar-refractivity contribution in [2.75, 3.05) is 0 Å². The number of thioether (sulfide) groups is 1. The molecule has 0 aliphatic carbocycles. The van der Waals surface area contributed by atoms with E-state index in [0.717, 1.165) is 4.90 Å². The monoisotopic (exact) mass is 296 g/mol. The van der Waals surface area contributed by atoms with Gasteiger partial charge in [-0.2, -0.15) is 0 Å². The van der Waals surface area contributed by atoms with Crippen LogP contribution in [0.2, 0.25) is 5.02 Å². The SMILES string of the molecule is O=C(O)c1ccc(SCc2cc(Cl)ccc2F)cc1. The van der Waals surface area contributed by atoms with E-state index in [1.165, 1.54) is 36.0 Å². The van der Waals surface area contributed by atoms with Crippen LogP contribution in [0.1, 0.15) is 15.9 Å². The third kappa shape index (κ3) is 3.72. The van der Waals surface area contributed by atoms with Gasteiger partial charge in [-0.25, -0.2) is 9.18 Å². The summed E-state index contributed by atoms with van der Waals surface area (Å²) in [6, 6.07) is 10.9. The Morgan fingerprint density at radius 1 is 1.21 bits per heavy atom. The molecule has 2 nitrogen and oxygen atoms in total. The summed E-state index contributed by atoms with van der Waals surface area (Å²) in [5, 5.41) is 9.28. The molecule has 2 rings (SSSR count). The lowest BCUT2D eigenvalue weighted by atomic mass is 10.2. The topological polar surface area (TPSA) is 37.3 Å². The molecule has 0 saturated carbocycles. The maximum atomic E-state index is 13.5. The quantitative estimate of drug-likeness (QED) is 0.846. The van der Waals surface area contributed by atoms with Gasteiger partial charge in [0.1, 0.15) is 5.82 Å². The highest BCUT2D eigenvalue weighted by molar-refractivity contribution is 7.98. The first kappa shape index (κ1) is 13.9. The van der Waals surface area contributed by atoms with Crippen molar-refractivity contribution in [2.24, 2.45) is 0 Å². The second-order valence-electron chi connectivity index (χ2n) is 3.85. The molecule has 1 N–H and O–H groups in total. The number of carboxylic acid groups (broad SMARTS) is 1. The maximum absolute atomic E-state index is 13.5. The highest BCUT2D eigenvalue weighted by Gasteiger charge is 2.05. The third-order valence-corrected chi connectivity index (χ3v) is 3.80. The van der Waals surface area contributed by atoms with Crippen molar-refractivity contribution in [1.82, 2.24) is 0 Å². The molecule has 2 aromatic rings. The molecule has 0 unspecified atom stereocenters. The number of benzene rings is 2. The summed E-state index contributed by atoms with van der Waals surface area (Å²) in [6.07, 6.45) is 0. The fourth-order valence-corrected chi connectivity index (χ4v) is 2.58. The van der Waals surface area contributed by atoms with Crippen molar-refractivity contribution in [2.45, 2.75) is 10.6 Å². The normalized spacial score (nSPS) is 10.4. The van der Waals surface area contributed by atoms with Crippen LogP contribution in [0.4, 0.5) is 4.39 Å². The smallest absolute Gasteiger partial charge is 0.335 e. The van der Waals surface area contributed by atoms with E-state index in [4.69, 9.17) is 16.7 Å². The summed E-state index contributed by atoms with van der Waals surface area (Å²) in [7, 11) is 0. The van der Waals surface area contributed by atoms with Gasteiger partial charge < -0.3 is 5.11 Å². The zero-order valence-electron chi connectivity index (χ0n) is 9.77. The number of aromatic carboxylic acids is 1. The molecule has 0 amide bonds. The second kappa shape index (κ2) is 6.08. The third-order valence-electron chi connectivity index (χ3n) is 2.50. The minimum atomic E-state index is -0.961. The molecule has 0 atom stereocenters. The van der Waals surface area contributed by atoms with Crippen molar-refractivity contribution in [3.05, 3.63) is 64.4 Å². The van der Waals surface area contributed by atoms with Crippen molar-refractivity contribution >= 4 is 29.3 Å². The van der Waals surface area contributed by atoms with Crippen LogP contribution in [-0.4, -0.2) is 11.1 Å². The summed E-state index contributed by atoms with van der Waals surface area (Å²) < 4.78 is 13.5. The number of halogens is 2. The molecule has 0 radical (unpaired) electrons. The number of carboxylic acids is 1. The molecule has 0 aliphatic heterocycles. The second-order valence-corrected chi connectivity index (χ2v) is 5.34. The van der Waals surface area contributed by atoms with Crippen molar-refractivity contribution in [3.63, 3.8) is 0 Å². The van der Waals surface area contributed by atoms with Gasteiger partial charge in [0.25, 0.3) is 0 Å². The average molecular weight is 297 g/mol. The van der Waals surface area contributed by atoms with Gasteiger partial charge in [-0.05, 0) is 48.0 Å². The Morgan fingerprint density at radius 2 is 1.89 bits per heavy atom. The van der Waals surface area contributed by atoms with Crippen molar-refractivity contribution in [1.29, 1.82) is 0 Å². The largest absolute Gasteiger partial charge is 0.478 e. The molecule has 0 spiro atoms. The Morgan fingerprint density at radius 3 is 2.53 bits per heavy atom. The van der Waals surface area contributed by atoms with Crippen LogP contribution >= 0.6 is 23.4 Å². The molecule has 5 heteroatoms. The van der Waals surface area contributed by atoms with Gasteiger partial charge >= 0.3 is 5.97 Å². The van der Waals surface area contributed by atoms with E-state index in [9.17, 15) is 9.18 Å². The molecule has 0 bridgehead atoms. The molecule has 0 aromatic heterocycles. The standard InChI is InChI=1S/C14H10ClFO2S/c15-11-3-6-13(16)10(7-11)8-19-12-4-1-9(2-5-12)14(17)18/h1-7H,8H2,(H,17,18). The Hall–Kier alpha value is -1.52. The number of hydrogen-bond acceptors (Lipinski definition) is 2. The van der Waals surface area contributed by atoms with Gasteiger partial charge in [0.2, 0.25) is 0 Å². The number of rotatable bonds is 4. The van der Waals surface area contributed by atoms with Gasteiger partial charge in [-0.1, -0.05) is 11.6 Å². The predicted molar refractivity (Wildman–Crippen MR) is 74.4 cm³/mol. The molecule has 0 heterocycles. The van der Waals surface area contributed by atoms with Crippen LogP contribution in [0.15, 0.2) is 47.4 Å². The van der Waals surface area contributed by atoms with Crippen LogP contribution in [0.25, 0.3) is 0 Å². The Labute approximate surface area is 119 Å². The average Bonchev–Trinajstić information content (AvgIpc) is 2.40. The molecule has 0 fully saturated rings. The number of hydrogen-bond donors (Lipinski definition) is 1. The molecule has 2 aromatic carbocycles. The van der Waals surface area contributed by atoms with Crippen molar-refractivity contribution in [3.8, 4) is 0 Å². The summed E-state index contributed by atoms with van der Waals surface area (Å²) in [4.78, 5) is 11.6. The lowest BCUT2D eigenvalue weighted by molar-refractivity contribution is 0.0697. The first-order chi connectivity index (χ1) is 9.06. The highest BCUT2D eigenvalue weighted by atomic mass is 35.5. The first-order valence-electron chi connectivity index (χ1n) is 5.46. The van der Waals surface area contributed by atoms with Crippen molar-refractivity contribution < 1.29 is 14.3 Å². The Kier molecular flexibility index (Phi) is 4.45. The maximum Gasteiger partial charge on any atom is 0.335 e. The van der Waals surface area contributed by atoms with Crippen LogP contribution in [0, 0.1) is 5.82 Å². The van der Waals surface area contributed by atoms with E-state index < -0.39 is 5.97 Å². The van der Waals surface area contributed by atoms with Crippen LogP contribution in [0.3, 0.4) is 0 Å². The molecule has 19 heavy (non-hydrogen) atoms. The number of carbonyl (C=O) groups is 1. The van der Waals surface area contributed by atoms with E-state index in [1.807, 2.05) is 0 Å². The highest BCUT2D eigenvalue weighted by Crippen LogP contribution is 2.26. The van der Waals surface area contributed by atoms with Crippen LogP contribution in [0.5, 0.6) is 0 Å². The molecule has 0 aliphatic rings. The summed E-state index contributed by atoms with van der Waals surface area (Å²) in [5.74, 6) is -0.810. The summed E-state index contributed by atoms with van der Waals surface area (Å²) in [6.45, 7) is 0. The van der Waals surface area contributed by atoms with Gasteiger partial charge in [0, 0.05) is 15.7 Å². The molecular weight excluding hydrogens is 287 g/mol. The van der Waals surface area contributed by atoms with E-state index in [1.54, 1.807) is 18.2 Å². The van der Waals surface area contributed by atoms with Gasteiger partial charge in [-0.3, -0.25) is 0 Å². The van der Waals surface area contributed by atoms with Gasteiger partial charge in [0.05, 0.1) is 5.56 Å². The zero-order chi connectivity index (χ0) is 13.8. The summed E-state index contributed by atoms with van der Waals surface area (Å²) >= 11 is 7.24. The zero-order valence-corrected chi connectivity index (χ0v) is 11.3. The van der Waals surface area contributed by atoms with Gasteiger partial charge in [-0.15, -0.1) is 11.8 Å². The van der Waals surface area contributed by atoms with E-state index in [-0.39, 0.29) is 11.4 Å². The fraction of sp³-hybridized carbons (Fsp3) is 0.0714. The lowest BCUT2D eigenvalue weighted by Gasteiger charge is -2.04. The first-order valence-corrected chi connectivity index (χ1v) is 6.83.